The van der Waals surface area contributed by atoms with Crippen molar-refractivity contribution in [3.63, 3.8) is 0 Å². The van der Waals surface area contributed by atoms with Gasteiger partial charge in [-0.2, -0.15) is 0 Å². The molecule has 1 saturated heterocycles. The molecule has 1 aromatic rings. The fourth-order valence-corrected chi connectivity index (χ4v) is 3.28. The van der Waals surface area contributed by atoms with Gasteiger partial charge in [0.2, 0.25) is 11.8 Å². The number of hydrogen-bond acceptors (Lipinski definition) is 3. The monoisotopic (exact) mass is 332 g/mol. The van der Waals surface area contributed by atoms with E-state index in [0.717, 1.165) is 16.8 Å². The molecule has 0 aliphatic carbocycles. The normalized spacial score (nSPS) is 19.0. The Kier molecular flexibility index (Phi) is 5.99. The van der Waals surface area contributed by atoms with Crippen LogP contribution in [0.3, 0.4) is 0 Å². The fourth-order valence-electron chi connectivity index (χ4n) is 3.28. The van der Waals surface area contributed by atoms with Gasteiger partial charge in [0, 0.05) is 24.9 Å². The molecule has 0 saturated carbocycles. The Balaban J connectivity index is 2.09. The van der Waals surface area contributed by atoms with E-state index in [1.165, 1.54) is 0 Å². The number of anilines is 1. The van der Waals surface area contributed by atoms with Crippen molar-refractivity contribution in [1.29, 1.82) is 0 Å². The molecule has 2 atom stereocenters. The first-order chi connectivity index (χ1) is 11.3. The first kappa shape index (κ1) is 18.5. The molecule has 0 radical (unpaired) electrons. The molecule has 0 spiro atoms. The Morgan fingerprint density at radius 1 is 1.29 bits per heavy atom. The second kappa shape index (κ2) is 7.79. The second-order valence-corrected chi connectivity index (χ2v) is 7.05. The zero-order chi connectivity index (χ0) is 17.9. The van der Waals surface area contributed by atoms with Crippen LogP contribution < -0.4 is 10.2 Å². The number of carbonyl (C=O) groups excluding carboxylic acids is 2. The van der Waals surface area contributed by atoms with E-state index in [1.54, 1.807) is 4.90 Å². The van der Waals surface area contributed by atoms with E-state index in [1.807, 2.05) is 39.8 Å². The first-order valence-corrected chi connectivity index (χ1v) is 8.64. The lowest BCUT2D eigenvalue weighted by molar-refractivity contribution is -0.132. The van der Waals surface area contributed by atoms with Crippen LogP contribution >= 0.6 is 0 Å². The molecule has 2 unspecified atom stereocenters. The number of rotatable bonds is 6. The average Bonchev–Trinajstić information content (AvgIpc) is 2.87. The van der Waals surface area contributed by atoms with E-state index < -0.39 is 5.92 Å². The van der Waals surface area contributed by atoms with Gasteiger partial charge in [-0.05, 0) is 55.9 Å². The highest BCUT2D eigenvalue weighted by molar-refractivity contribution is 6.09. The summed E-state index contributed by atoms with van der Waals surface area (Å²) in [5, 5.41) is 12.1. The van der Waals surface area contributed by atoms with E-state index in [4.69, 9.17) is 5.11 Å². The summed E-state index contributed by atoms with van der Waals surface area (Å²) in [6, 6.07) is 5.92. The molecule has 24 heavy (non-hydrogen) atoms. The molecule has 5 nitrogen and oxygen atoms in total. The maximum atomic E-state index is 12.7. The second-order valence-electron chi connectivity index (χ2n) is 7.05. The summed E-state index contributed by atoms with van der Waals surface area (Å²) in [5.41, 5.74) is 3.07. The first-order valence-electron chi connectivity index (χ1n) is 8.64. The van der Waals surface area contributed by atoms with Gasteiger partial charge in [0.1, 0.15) is 5.92 Å². The standard InChI is InChI=1S/C19H28N2O3/c1-12(2)17(6-8-22)20-18(23)16-5-7-21(19(16)24)15-10-13(3)9-14(4)11-15/h9-12,16-17,22H,5-8H2,1-4H3,(H,20,23). The van der Waals surface area contributed by atoms with Gasteiger partial charge in [0.25, 0.3) is 0 Å². The molecule has 2 N–H and O–H groups in total. The zero-order valence-electron chi connectivity index (χ0n) is 15.0. The minimum absolute atomic E-state index is 0.0242. The average molecular weight is 332 g/mol. The van der Waals surface area contributed by atoms with Crippen LogP contribution in [0.2, 0.25) is 0 Å². The quantitative estimate of drug-likeness (QED) is 0.785. The Hall–Kier alpha value is -1.88. The highest BCUT2D eigenvalue weighted by Gasteiger charge is 2.38. The smallest absolute Gasteiger partial charge is 0.239 e. The van der Waals surface area contributed by atoms with Crippen LogP contribution in [0.1, 0.15) is 37.8 Å². The predicted molar refractivity (Wildman–Crippen MR) is 94.8 cm³/mol. The summed E-state index contributed by atoms with van der Waals surface area (Å²) in [5.74, 6) is -0.776. The number of hydrogen-bond donors (Lipinski definition) is 2. The van der Waals surface area contributed by atoms with E-state index >= 15 is 0 Å². The number of aliphatic hydroxyl groups excluding tert-OH is 1. The molecule has 1 fully saturated rings. The van der Waals surface area contributed by atoms with Crippen molar-refractivity contribution in [1.82, 2.24) is 5.32 Å². The van der Waals surface area contributed by atoms with Crippen LogP contribution in [-0.4, -0.2) is 36.1 Å². The van der Waals surface area contributed by atoms with Crippen molar-refractivity contribution in [3.05, 3.63) is 29.3 Å². The van der Waals surface area contributed by atoms with Crippen molar-refractivity contribution in [2.75, 3.05) is 18.1 Å². The topological polar surface area (TPSA) is 69.6 Å². The number of nitrogens with zero attached hydrogens (tertiary/aromatic N) is 1. The Bertz CT molecular complexity index is 592. The molecule has 1 aliphatic heterocycles. The van der Waals surface area contributed by atoms with Gasteiger partial charge >= 0.3 is 0 Å². The largest absolute Gasteiger partial charge is 0.396 e. The van der Waals surface area contributed by atoms with Gasteiger partial charge in [-0.15, -0.1) is 0 Å². The van der Waals surface area contributed by atoms with Crippen molar-refractivity contribution in [2.24, 2.45) is 11.8 Å². The van der Waals surface area contributed by atoms with Gasteiger partial charge in [-0.25, -0.2) is 0 Å². The number of aliphatic hydroxyl groups is 1. The third-order valence-corrected chi connectivity index (χ3v) is 4.61. The number of carbonyl (C=O) groups is 2. The molecule has 2 rings (SSSR count). The van der Waals surface area contributed by atoms with Gasteiger partial charge in [0.05, 0.1) is 0 Å². The number of benzene rings is 1. The lowest BCUT2D eigenvalue weighted by Gasteiger charge is -2.23. The molecule has 2 amide bonds. The number of amides is 2. The van der Waals surface area contributed by atoms with Crippen molar-refractivity contribution in [2.45, 2.75) is 46.6 Å². The Morgan fingerprint density at radius 3 is 2.46 bits per heavy atom. The van der Waals surface area contributed by atoms with Crippen LogP contribution in [0.15, 0.2) is 18.2 Å². The van der Waals surface area contributed by atoms with E-state index in [-0.39, 0.29) is 30.4 Å². The maximum absolute atomic E-state index is 12.7. The summed E-state index contributed by atoms with van der Waals surface area (Å²) in [7, 11) is 0. The molecule has 0 aromatic heterocycles. The summed E-state index contributed by atoms with van der Waals surface area (Å²) < 4.78 is 0. The highest BCUT2D eigenvalue weighted by atomic mass is 16.3. The molecule has 1 heterocycles. The number of aryl methyl sites for hydroxylation is 2. The van der Waals surface area contributed by atoms with Crippen molar-refractivity contribution < 1.29 is 14.7 Å². The summed E-state index contributed by atoms with van der Waals surface area (Å²) >= 11 is 0. The predicted octanol–water partition coefficient (Wildman–Crippen LogP) is 2.18. The highest BCUT2D eigenvalue weighted by Crippen LogP contribution is 2.27. The zero-order valence-corrected chi connectivity index (χ0v) is 15.0. The van der Waals surface area contributed by atoms with E-state index in [0.29, 0.717) is 19.4 Å². The van der Waals surface area contributed by atoms with Gasteiger partial charge in [0.15, 0.2) is 0 Å². The summed E-state index contributed by atoms with van der Waals surface area (Å²) in [6.07, 6.45) is 1.03. The minimum Gasteiger partial charge on any atom is -0.396 e. The van der Waals surface area contributed by atoms with Crippen molar-refractivity contribution >= 4 is 17.5 Å². The molecule has 132 valence electrons. The molecular formula is C19H28N2O3. The minimum atomic E-state index is -0.634. The van der Waals surface area contributed by atoms with Gasteiger partial charge in [-0.1, -0.05) is 19.9 Å². The SMILES string of the molecule is Cc1cc(C)cc(N2CCC(C(=O)NC(CCO)C(C)C)C2=O)c1. The maximum Gasteiger partial charge on any atom is 0.239 e. The van der Waals surface area contributed by atoms with Crippen molar-refractivity contribution in [3.8, 4) is 0 Å². The third-order valence-electron chi connectivity index (χ3n) is 4.61. The van der Waals surface area contributed by atoms with Gasteiger partial charge < -0.3 is 15.3 Å². The Labute approximate surface area is 144 Å². The van der Waals surface area contributed by atoms with Crippen LogP contribution in [-0.2, 0) is 9.59 Å². The fraction of sp³-hybridized carbons (Fsp3) is 0.579. The van der Waals surface area contributed by atoms with Crippen LogP contribution in [0.25, 0.3) is 0 Å². The molecule has 1 aromatic carbocycles. The lowest BCUT2D eigenvalue weighted by atomic mass is 9.99. The molecule has 1 aliphatic rings. The van der Waals surface area contributed by atoms with Crippen LogP contribution in [0.4, 0.5) is 5.69 Å². The van der Waals surface area contributed by atoms with Crippen LogP contribution in [0.5, 0.6) is 0 Å². The van der Waals surface area contributed by atoms with E-state index in [2.05, 4.69) is 11.4 Å². The Morgan fingerprint density at radius 2 is 1.92 bits per heavy atom. The third kappa shape index (κ3) is 4.15. The molecule has 0 bridgehead atoms. The van der Waals surface area contributed by atoms with Crippen LogP contribution in [0, 0.1) is 25.7 Å². The molecular weight excluding hydrogens is 304 g/mol. The lowest BCUT2D eigenvalue weighted by Crippen LogP contribution is -2.44. The van der Waals surface area contributed by atoms with Gasteiger partial charge in [-0.3, -0.25) is 9.59 Å². The number of nitrogens with one attached hydrogen (secondary N) is 1. The van der Waals surface area contributed by atoms with E-state index in [9.17, 15) is 9.59 Å². The summed E-state index contributed by atoms with van der Waals surface area (Å²) in [6.45, 7) is 8.59. The summed E-state index contributed by atoms with van der Waals surface area (Å²) in [4.78, 5) is 26.9. The molecule has 5 heteroatoms.